The average Bonchev–Trinajstić information content (AvgIpc) is 1.56. The fourth-order valence-electron chi connectivity index (χ4n) is 1.32. The molecule has 0 saturated heterocycles. The smallest absolute Gasteiger partial charge is 0.00783 e. The quantitative estimate of drug-likeness (QED) is 0.619. The zero-order valence-corrected chi connectivity index (χ0v) is 9.63. The lowest BCUT2D eigenvalue weighted by molar-refractivity contribution is 0.211. The maximum absolute atomic E-state index is 4.54. The zero-order chi connectivity index (χ0) is 9.28. The Balaban J connectivity index is 4.13. The van der Waals surface area contributed by atoms with Crippen LogP contribution in [0.25, 0.3) is 0 Å². The first-order valence-corrected chi connectivity index (χ1v) is 4.82. The highest BCUT2D eigenvalue weighted by Crippen LogP contribution is 2.37. The van der Waals surface area contributed by atoms with Gasteiger partial charge in [-0.25, -0.2) is 0 Å². The zero-order valence-electron chi connectivity index (χ0n) is 8.73. The fourth-order valence-corrected chi connectivity index (χ4v) is 1.73. The van der Waals surface area contributed by atoms with Crippen LogP contribution in [0.2, 0.25) is 0 Å². The van der Waals surface area contributed by atoms with E-state index in [0.29, 0.717) is 5.41 Å². The molecule has 0 aromatic carbocycles. The van der Waals surface area contributed by atoms with E-state index >= 15 is 0 Å². The van der Waals surface area contributed by atoms with E-state index in [1.54, 1.807) is 0 Å². The molecule has 0 rings (SSSR count). The Morgan fingerprint density at radius 3 is 1.55 bits per heavy atom. The molecule has 0 N–H and O–H groups in total. The van der Waals surface area contributed by atoms with Crippen LogP contribution in [0.15, 0.2) is 0 Å². The van der Waals surface area contributed by atoms with Crippen molar-refractivity contribution in [3.05, 3.63) is 0 Å². The third kappa shape index (κ3) is 4.73. The summed E-state index contributed by atoms with van der Waals surface area (Å²) in [4.78, 5) is 0. The molecule has 0 aliphatic heterocycles. The minimum absolute atomic E-state index is 0.160. The second-order valence-corrected chi connectivity index (χ2v) is 6.34. The summed E-state index contributed by atoms with van der Waals surface area (Å²) >= 11 is 4.54. The molecular formula is C10H22S. The Kier molecular flexibility index (Phi) is 3.49. The van der Waals surface area contributed by atoms with Crippen molar-refractivity contribution in [1.29, 1.82) is 0 Å². The van der Waals surface area contributed by atoms with Crippen LogP contribution < -0.4 is 0 Å². The highest BCUT2D eigenvalue weighted by atomic mass is 32.1. The maximum Gasteiger partial charge on any atom is 0.00783 e. The van der Waals surface area contributed by atoms with Gasteiger partial charge in [0.05, 0.1) is 0 Å². The van der Waals surface area contributed by atoms with Crippen LogP contribution >= 0.6 is 12.6 Å². The van der Waals surface area contributed by atoms with Crippen LogP contribution in [0.3, 0.4) is 0 Å². The Hall–Kier alpha value is 0.350. The van der Waals surface area contributed by atoms with E-state index in [4.69, 9.17) is 0 Å². The molecule has 0 aliphatic rings. The minimum Gasteiger partial charge on any atom is -0.173 e. The summed E-state index contributed by atoms with van der Waals surface area (Å²) in [6.07, 6.45) is 1.17. The summed E-state index contributed by atoms with van der Waals surface area (Å²) in [7, 11) is 0. The van der Waals surface area contributed by atoms with Gasteiger partial charge in [0.25, 0.3) is 0 Å². The molecule has 0 heterocycles. The molecule has 11 heavy (non-hydrogen) atoms. The van der Waals surface area contributed by atoms with Crippen molar-refractivity contribution in [2.24, 2.45) is 11.3 Å². The van der Waals surface area contributed by atoms with Crippen LogP contribution in [-0.2, 0) is 0 Å². The van der Waals surface area contributed by atoms with Gasteiger partial charge in [-0.15, -0.1) is 0 Å². The highest BCUT2D eigenvalue weighted by Gasteiger charge is 2.28. The standard InChI is InChI=1S/C10H22S/c1-8(2)9(3,4)7-10(5,6)11/h8,11H,7H2,1-6H3. The SMILES string of the molecule is CC(C)C(C)(C)CC(C)(C)S. The molecule has 0 unspecified atom stereocenters. The van der Waals surface area contributed by atoms with E-state index in [1.165, 1.54) is 6.42 Å². The van der Waals surface area contributed by atoms with Gasteiger partial charge in [0.15, 0.2) is 0 Å². The van der Waals surface area contributed by atoms with Crippen molar-refractivity contribution in [3.63, 3.8) is 0 Å². The molecule has 0 radical (unpaired) electrons. The summed E-state index contributed by atoms with van der Waals surface area (Å²) in [6, 6.07) is 0. The van der Waals surface area contributed by atoms with Crippen molar-refractivity contribution < 1.29 is 0 Å². The van der Waals surface area contributed by atoms with Crippen LogP contribution in [0.4, 0.5) is 0 Å². The summed E-state index contributed by atoms with van der Waals surface area (Å²) < 4.78 is 0.160. The lowest BCUT2D eigenvalue weighted by Crippen LogP contribution is -2.28. The second kappa shape index (κ2) is 3.38. The topological polar surface area (TPSA) is 0 Å². The van der Waals surface area contributed by atoms with Crippen LogP contribution in [0, 0.1) is 11.3 Å². The molecule has 0 spiro atoms. The van der Waals surface area contributed by atoms with E-state index in [1.807, 2.05) is 0 Å². The first kappa shape index (κ1) is 11.4. The number of thiol groups is 1. The Morgan fingerprint density at radius 1 is 1.09 bits per heavy atom. The first-order valence-electron chi connectivity index (χ1n) is 4.37. The highest BCUT2D eigenvalue weighted by molar-refractivity contribution is 7.81. The first-order chi connectivity index (χ1) is 4.65. The molecule has 0 aliphatic carbocycles. The van der Waals surface area contributed by atoms with Gasteiger partial charge in [-0.05, 0) is 17.8 Å². The van der Waals surface area contributed by atoms with E-state index in [-0.39, 0.29) is 4.75 Å². The molecule has 0 nitrogen and oxygen atoms in total. The molecule has 68 valence electrons. The van der Waals surface area contributed by atoms with Crippen molar-refractivity contribution in [2.75, 3.05) is 0 Å². The Morgan fingerprint density at radius 2 is 1.45 bits per heavy atom. The van der Waals surface area contributed by atoms with Gasteiger partial charge < -0.3 is 0 Å². The Labute approximate surface area is 77.2 Å². The summed E-state index contributed by atoms with van der Waals surface area (Å²) in [5.74, 6) is 0.730. The average molecular weight is 174 g/mol. The third-order valence-electron chi connectivity index (χ3n) is 2.45. The molecule has 0 saturated carbocycles. The van der Waals surface area contributed by atoms with E-state index < -0.39 is 0 Å². The predicted molar refractivity (Wildman–Crippen MR) is 56.3 cm³/mol. The van der Waals surface area contributed by atoms with Crippen molar-refractivity contribution in [3.8, 4) is 0 Å². The molecular weight excluding hydrogens is 152 g/mol. The van der Waals surface area contributed by atoms with Gasteiger partial charge >= 0.3 is 0 Å². The molecule has 0 bridgehead atoms. The maximum atomic E-state index is 4.54. The fraction of sp³-hybridized carbons (Fsp3) is 1.00. The van der Waals surface area contributed by atoms with E-state index in [9.17, 15) is 0 Å². The van der Waals surface area contributed by atoms with Gasteiger partial charge in [0.2, 0.25) is 0 Å². The van der Waals surface area contributed by atoms with E-state index in [0.717, 1.165) is 5.92 Å². The lowest BCUT2D eigenvalue weighted by Gasteiger charge is -2.35. The summed E-state index contributed by atoms with van der Waals surface area (Å²) in [5, 5.41) is 0. The number of hydrogen-bond acceptors (Lipinski definition) is 1. The normalized spacial score (nSPS) is 14.2. The molecule has 0 amide bonds. The molecule has 0 aromatic rings. The largest absolute Gasteiger partial charge is 0.173 e. The molecule has 0 atom stereocenters. The lowest BCUT2D eigenvalue weighted by atomic mass is 9.75. The Bertz CT molecular complexity index is 117. The summed E-state index contributed by atoms with van der Waals surface area (Å²) in [6.45, 7) is 13.5. The third-order valence-corrected chi connectivity index (χ3v) is 2.61. The van der Waals surface area contributed by atoms with Gasteiger partial charge in [-0.1, -0.05) is 41.5 Å². The summed E-state index contributed by atoms with van der Waals surface area (Å²) in [5.41, 5.74) is 0.408. The monoisotopic (exact) mass is 174 g/mol. The number of rotatable bonds is 3. The van der Waals surface area contributed by atoms with Crippen molar-refractivity contribution in [2.45, 2.75) is 52.7 Å². The van der Waals surface area contributed by atoms with Gasteiger partial charge in [0, 0.05) is 4.75 Å². The number of hydrogen-bond donors (Lipinski definition) is 1. The van der Waals surface area contributed by atoms with Crippen molar-refractivity contribution in [1.82, 2.24) is 0 Å². The van der Waals surface area contributed by atoms with E-state index in [2.05, 4.69) is 54.2 Å². The van der Waals surface area contributed by atoms with Gasteiger partial charge in [0.1, 0.15) is 0 Å². The molecule has 0 aromatic heterocycles. The van der Waals surface area contributed by atoms with Crippen LogP contribution in [0.1, 0.15) is 48.0 Å². The predicted octanol–water partition coefficient (Wildman–Crippen LogP) is 3.77. The van der Waals surface area contributed by atoms with Gasteiger partial charge in [-0.3, -0.25) is 0 Å². The second-order valence-electron chi connectivity index (χ2n) is 5.13. The molecule has 1 heteroatoms. The van der Waals surface area contributed by atoms with Crippen molar-refractivity contribution >= 4 is 12.6 Å². The minimum atomic E-state index is 0.160. The molecule has 0 fully saturated rings. The van der Waals surface area contributed by atoms with Gasteiger partial charge in [-0.2, -0.15) is 12.6 Å². The van der Waals surface area contributed by atoms with Crippen LogP contribution in [-0.4, -0.2) is 4.75 Å². The van der Waals surface area contributed by atoms with Crippen LogP contribution in [0.5, 0.6) is 0 Å².